The van der Waals surface area contributed by atoms with E-state index < -0.39 is 0 Å². The minimum Gasteiger partial charge on any atom is -0.327 e. The Kier molecular flexibility index (Phi) is 4.31. The number of nitrogens with two attached hydrogens (primary N) is 1. The highest BCUT2D eigenvalue weighted by Crippen LogP contribution is 2.29. The Labute approximate surface area is 99.4 Å². The lowest BCUT2D eigenvalue weighted by atomic mass is 9.76. The van der Waals surface area contributed by atoms with E-state index in [2.05, 4.69) is 51.6 Å². The van der Waals surface area contributed by atoms with Gasteiger partial charge in [-0.1, -0.05) is 63.3 Å². The molecule has 1 aromatic carbocycles. The Morgan fingerprint density at radius 1 is 1.31 bits per heavy atom. The summed E-state index contributed by atoms with van der Waals surface area (Å²) in [6.07, 6.45) is 1.91. The number of benzene rings is 1. The van der Waals surface area contributed by atoms with Crippen molar-refractivity contribution in [3.8, 4) is 0 Å². The molecule has 1 unspecified atom stereocenters. The second-order valence-corrected chi connectivity index (χ2v) is 5.00. The summed E-state index contributed by atoms with van der Waals surface area (Å²) in [5, 5.41) is 0. The third-order valence-corrected chi connectivity index (χ3v) is 3.45. The first-order chi connectivity index (χ1) is 7.48. The lowest BCUT2D eigenvalue weighted by molar-refractivity contribution is 0.404. The minimum absolute atomic E-state index is 0.000625. The van der Waals surface area contributed by atoms with Crippen LogP contribution in [-0.2, 0) is 5.41 Å². The van der Waals surface area contributed by atoms with Crippen molar-refractivity contribution in [1.29, 1.82) is 0 Å². The Morgan fingerprint density at radius 3 is 2.38 bits per heavy atom. The van der Waals surface area contributed by atoms with E-state index in [1.165, 1.54) is 11.1 Å². The van der Waals surface area contributed by atoms with Crippen LogP contribution in [0.25, 0.3) is 0 Å². The third-order valence-electron chi connectivity index (χ3n) is 3.45. The highest BCUT2D eigenvalue weighted by atomic mass is 14.7. The number of hydrogen-bond donors (Lipinski definition) is 1. The molecule has 0 amide bonds. The lowest BCUT2D eigenvalue weighted by Gasteiger charge is -2.32. The molecule has 0 aromatic heterocycles. The molecule has 2 N–H and O–H groups in total. The van der Waals surface area contributed by atoms with Crippen LogP contribution in [0.1, 0.15) is 39.2 Å². The van der Waals surface area contributed by atoms with Gasteiger partial charge in [-0.2, -0.15) is 0 Å². The summed E-state index contributed by atoms with van der Waals surface area (Å²) >= 11 is 0. The molecule has 0 radical (unpaired) electrons. The van der Waals surface area contributed by atoms with Crippen LogP contribution in [0.3, 0.4) is 0 Å². The zero-order chi connectivity index (χ0) is 12.2. The molecule has 0 aliphatic carbocycles. The standard InChI is InChI=1S/C15H23N/c1-5-12(2)11-14(16)15(3,4)13-9-7-6-8-10-13/h6-10,14H,2,5,11,16H2,1,3-4H3. The predicted molar refractivity (Wildman–Crippen MR) is 71.5 cm³/mol. The fourth-order valence-corrected chi connectivity index (χ4v) is 1.79. The molecule has 16 heavy (non-hydrogen) atoms. The molecule has 1 nitrogen and oxygen atoms in total. The van der Waals surface area contributed by atoms with Gasteiger partial charge >= 0.3 is 0 Å². The Bertz CT molecular complexity index is 338. The fourth-order valence-electron chi connectivity index (χ4n) is 1.79. The van der Waals surface area contributed by atoms with Gasteiger partial charge in [0.1, 0.15) is 0 Å². The van der Waals surface area contributed by atoms with Crippen LogP contribution >= 0.6 is 0 Å². The van der Waals surface area contributed by atoms with Gasteiger partial charge in [-0.3, -0.25) is 0 Å². The molecular weight excluding hydrogens is 194 g/mol. The molecule has 0 bridgehead atoms. The molecule has 1 aromatic rings. The normalized spacial score (nSPS) is 13.5. The predicted octanol–water partition coefficient (Wildman–Crippen LogP) is 3.65. The molecule has 0 saturated carbocycles. The van der Waals surface area contributed by atoms with Gasteiger partial charge in [0.05, 0.1) is 0 Å². The van der Waals surface area contributed by atoms with Crippen LogP contribution in [0, 0.1) is 0 Å². The molecule has 88 valence electrons. The van der Waals surface area contributed by atoms with Gasteiger partial charge < -0.3 is 5.73 Å². The molecule has 0 fully saturated rings. The quantitative estimate of drug-likeness (QED) is 0.749. The van der Waals surface area contributed by atoms with Crippen molar-refractivity contribution in [3.63, 3.8) is 0 Å². The lowest BCUT2D eigenvalue weighted by Crippen LogP contribution is -2.41. The van der Waals surface area contributed by atoms with E-state index in [9.17, 15) is 0 Å². The van der Waals surface area contributed by atoms with Gasteiger partial charge in [0.15, 0.2) is 0 Å². The van der Waals surface area contributed by atoms with E-state index in [0.29, 0.717) is 0 Å². The second kappa shape index (κ2) is 5.31. The maximum atomic E-state index is 6.30. The summed E-state index contributed by atoms with van der Waals surface area (Å²) in [6.45, 7) is 10.6. The van der Waals surface area contributed by atoms with Gasteiger partial charge in [-0.15, -0.1) is 0 Å². The Morgan fingerprint density at radius 2 is 1.88 bits per heavy atom. The highest BCUT2D eigenvalue weighted by Gasteiger charge is 2.28. The summed E-state index contributed by atoms with van der Waals surface area (Å²) < 4.78 is 0. The van der Waals surface area contributed by atoms with Crippen LogP contribution in [0.5, 0.6) is 0 Å². The van der Waals surface area contributed by atoms with Crippen molar-refractivity contribution >= 4 is 0 Å². The first kappa shape index (κ1) is 13.0. The molecule has 0 aliphatic heterocycles. The number of rotatable bonds is 5. The second-order valence-electron chi connectivity index (χ2n) is 5.00. The maximum absolute atomic E-state index is 6.30. The highest BCUT2D eigenvalue weighted by molar-refractivity contribution is 5.26. The van der Waals surface area contributed by atoms with Crippen LogP contribution in [-0.4, -0.2) is 6.04 Å². The molecule has 0 saturated heterocycles. The van der Waals surface area contributed by atoms with Crippen molar-refractivity contribution in [2.45, 2.75) is 45.1 Å². The Balaban J connectivity index is 2.81. The van der Waals surface area contributed by atoms with E-state index in [1.54, 1.807) is 0 Å². The largest absolute Gasteiger partial charge is 0.327 e. The van der Waals surface area contributed by atoms with Crippen LogP contribution < -0.4 is 5.73 Å². The van der Waals surface area contributed by atoms with E-state index >= 15 is 0 Å². The molecule has 1 atom stereocenters. The van der Waals surface area contributed by atoms with Gasteiger partial charge in [0, 0.05) is 11.5 Å². The smallest absolute Gasteiger partial charge is 0.0168 e. The van der Waals surface area contributed by atoms with Crippen molar-refractivity contribution in [2.24, 2.45) is 5.73 Å². The summed E-state index contributed by atoms with van der Waals surface area (Å²) in [5.41, 5.74) is 8.83. The van der Waals surface area contributed by atoms with Crippen molar-refractivity contribution < 1.29 is 0 Å². The van der Waals surface area contributed by atoms with Gasteiger partial charge in [-0.05, 0) is 18.4 Å². The Hall–Kier alpha value is -1.08. The summed E-state index contributed by atoms with van der Waals surface area (Å²) in [4.78, 5) is 0. The average Bonchev–Trinajstić information content (AvgIpc) is 2.29. The third kappa shape index (κ3) is 2.96. The topological polar surface area (TPSA) is 26.0 Å². The molecular formula is C15H23N. The summed E-state index contributed by atoms with van der Waals surface area (Å²) in [5.74, 6) is 0. The van der Waals surface area contributed by atoms with E-state index in [1.807, 2.05) is 6.07 Å². The zero-order valence-electron chi connectivity index (χ0n) is 10.7. The first-order valence-corrected chi connectivity index (χ1v) is 5.96. The fraction of sp³-hybridized carbons (Fsp3) is 0.467. The SMILES string of the molecule is C=C(CC)CC(N)C(C)(C)c1ccccc1. The zero-order valence-corrected chi connectivity index (χ0v) is 10.7. The maximum Gasteiger partial charge on any atom is 0.0168 e. The summed E-state index contributed by atoms with van der Waals surface area (Å²) in [6, 6.07) is 10.6. The molecule has 0 spiro atoms. The van der Waals surface area contributed by atoms with E-state index in [0.717, 1.165) is 12.8 Å². The first-order valence-electron chi connectivity index (χ1n) is 5.96. The van der Waals surface area contributed by atoms with Crippen LogP contribution in [0.2, 0.25) is 0 Å². The van der Waals surface area contributed by atoms with Crippen molar-refractivity contribution in [3.05, 3.63) is 48.0 Å². The molecule has 0 aliphatic rings. The van der Waals surface area contributed by atoms with Crippen molar-refractivity contribution in [1.82, 2.24) is 0 Å². The van der Waals surface area contributed by atoms with Gasteiger partial charge in [0.2, 0.25) is 0 Å². The number of hydrogen-bond acceptors (Lipinski definition) is 1. The van der Waals surface area contributed by atoms with Gasteiger partial charge in [-0.25, -0.2) is 0 Å². The van der Waals surface area contributed by atoms with Crippen LogP contribution in [0.15, 0.2) is 42.5 Å². The van der Waals surface area contributed by atoms with E-state index in [4.69, 9.17) is 5.73 Å². The molecule has 0 heterocycles. The monoisotopic (exact) mass is 217 g/mol. The molecule has 1 heteroatoms. The minimum atomic E-state index is -0.000625. The average molecular weight is 217 g/mol. The van der Waals surface area contributed by atoms with Crippen molar-refractivity contribution in [2.75, 3.05) is 0 Å². The molecule has 1 rings (SSSR count). The summed E-state index contributed by atoms with van der Waals surface area (Å²) in [7, 11) is 0. The van der Waals surface area contributed by atoms with Gasteiger partial charge in [0.25, 0.3) is 0 Å². The van der Waals surface area contributed by atoms with Crippen LogP contribution in [0.4, 0.5) is 0 Å². The van der Waals surface area contributed by atoms with E-state index in [-0.39, 0.29) is 11.5 Å².